The Hall–Kier alpha value is -1.94. The number of sulfone groups is 2. The summed E-state index contributed by atoms with van der Waals surface area (Å²) in [6.07, 6.45) is -0.665. The summed E-state index contributed by atoms with van der Waals surface area (Å²) in [6.45, 7) is -0.0539. The molecule has 0 atom stereocenters. The summed E-state index contributed by atoms with van der Waals surface area (Å²) in [7, 11) is -6.70. The number of rotatable bonds is 7. The van der Waals surface area contributed by atoms with E-state index in [1.165, 1.54) is 24.3 Å². The van der Waals surface area contributed by atoms with Crippen LogP contribution in [0.15, 0.2) is 29.2 Å². The lowest BCUT2D eigenvalue weighted by Crippen LogP contribution is -2.28. The van der Waals surface area contributed by atoms with E-state index in [9.17, 15) is 26.4 Å². The van der Waals surface area contributed by atoms with Crippen molar-refractivity contribution in [1.82, 2.24) is 5.32 Å². The molecule has 1 aliphatic rings. The SMILES string of the molecule is O=C(O)NCCC(=O)c1cccc(S(=O)(=O)CC2CCS(=O)(=O)CC2)c1. The highest BCUT2D eigenvalue weighted by Gasteiger charge is 2.28. The number of carbonyl (C=O) groups excluding carboxylic acids is 1. The molecule has 1 fully saturated rings. The molecule has 1 amide bonds. The zero-order valence-corrected chi connectivity index (χ0v) is 15.7. The molecule has 1 saturated heterocycles. The molecule has 0 radical (unpaired) electrons. The molecule has 0 spiro atoms. The molecule has 0 aliphatic carbocycles. The van der Waals surface area contributed by atoms with Crippen LogP contribution in [0.4, 0.5) is 4.79 Å². The molecule has 2 rings (SSSR count). The van der Waals surface area contributed by atoms with E-state index in [1.54, 1.807) is 0 Å². The molecular weight excluding hydrogens is 382 g/mol. The standard InChI is InChI=1S/C16H21NO7S2/c18-15(4-7-17-16(19)20)13-2-1-3-14(10-13)26(23,24)11-12-5-8-25(21,22)9-6-12/h1-3,10,12,17H,4-9,11H2,(H,19,20). The van der Waals surface area contributed by atoms with Gasteiger partial charge in [0.25, 0.3) is 0 Å². The van der Waals surface area contributed by atoms with Crippen LogP contribution in [-0.4, -0.2) is 57.6 Å². The van der Waals surface area contributed by atoms with Gasteiger partial charge in [-0.25, -0.2) is 21.6 Å². The third kappa shape index (κ3) is 5.80. The van der Waals surface area contributed by atoms with Crippen molar-refractivity contribution in [3.05, 3.63) is 29.8 Å². The minimum absolute atomic E-state index is 0.00227. The van der Waals surface area contributed by atoms with Crippen molar-refractivity contribution in [3.63, 3.8) is 0 Å². The topological polar surface area (TPSA) is 135 Å². The molecule has 2 N–H and O–H groups in total. The molecule has 26 heavy (non-hydrogen) atoms. The van der Waals surface area contributed by atoms with Crippen molar-refractivity contribution in [3.8, 4) is 0 Å². The minimum atomic E-state index is -3.64. The van der Waals surface area contributed by atoms with Crippen molar-refractivity contribution < 1.29 is 31.5 Å². The van der Waals surface area contributed by atoms with Crippen LogP contribution in [0, 0.1) is 5.92 Å². The van der Waals surface area contributed by atoms with E-state index in [0.29, 0.717) is 12.8 Å². The second-order valence-electron chi connectivity index (χ2n) is 6.31. The summed E-state index contributed by atoms with van der Waals surface area (Å²) in [5.74, 6) is -0.729. The Kier molecular flexibility index (Phi) is 6.40. The number of benzene rings is 1. The highest BCUT2D eigenvalue weighted by molar-refractivity contribution is 7.92. The molecule has 1 aliphatic heterocycles. The Morgan fingerprint density at radius 1 is 1.19 bits per heavy atom. The predicted molar refractivity (Wildman–Crippen MR) is 94.8 cm³/mol. The predicted octanol–water partition coefficient (Wildman–Crippen LogP) is 1.13. The van der Waals surface area contributed by atoms with Crippen molar-refractivity contribution in [2.24, 2.45) is 5.92 Å². The van der Waals surface area contributed by atoms with Gasteiger partial charge in [0.2, 0.25) is 0 Å². The zero-order chi connectivity index (χ0) is 19.4. The van der Waals surface area contributed by atoms with Crippen LogP contribution in [0.5, 0.6) is 0 Å². The highest BCUT2D eigenvalue weighted by atomic mass is 32.2. The van der Waals surface area contributed by atoms with Crippen LogP contribution in [0.25, 0.3) is 0 Å². The molecule has 0 saturated carbocycles. The normalized spacial score (nSPS) is 17.5. The third-order valence-corrected chi connectivity index (χ3v) is 7.87. The number of amides is 1. The van der Waals surface area contributed by atoms with E-state index in [4.69, 9.17) is 5.11 Å². The van der Waals surface area contributed by atoms with Gasteiger partial charge in [0, 0.05) is 18.5 Å². The number of Topliss-reactive ketones (excluding diaryl/α,β-unsaturated/α-hetero) is 1. The molecule has 1 heterocycles. The van der Waals surface area contributed by atoms with Crippen molar-refractivity contribution in [2.75, 3.05) is 23.8 Å². The molecule has 8 nitrogen and oxygen atoms in total. The lowest BCUT2D eigenvalue weighted by molar-refractivity contribution is 0.0982. The fourth-order valence-corrected chi connectivity index (χ4v) is 6.13. The monoisotopic (exact) mass is 403 g/mol. The van der Waals surface area contributed by atoms with Crippen LogP contribution in [0.1, 0.15) is 29.6 Å². The van der Waals surface area contributed by atoms with Crippen molar-refractivity contribution in [2.45, 2.75) is 24.2 Å². The molecule has 1 aromatic rings. The Bertz CT molecular complexity index is 877. The van der Waals surface area contributed by atoms with Gasteiger partial charge >= 0.3 is 6.09 Å². The summed E-state index contributed by atoms with van der Waals surface area (Å²) in [6, 6.07) is 5.64. The number of carbonyl (C=O) groups is 2. The molecule has 0 aromatic heterocycles. The van der Waals surface area contributed by atoms with Crippen LogP contribution >= 0.6 is 0 Å². The van der Waals surface area contributed by atoms with Gasteiger partial charge in [-0.2, -0.15) is 0 Å². The van der Waals surface area contributed by atoms with Crippen molar-refractivity contribution >= 4 is 31.6 Å². The number of carboxylic acid groups (broad SMARTS) is 1. The van der Waals surface area contributed by atoms with Gasteiger partial charge in [0.05, 0.1) is 22.2 Å². The average Bonchev–Trinajstić information content (AvgIpc) is 2.56. The Morgan fingerprint density at radius 3 is 2.46 bits per heavy atom. The summed E-state index contributed by atoms with van der Waals surface area (Å²) in [5, 5.41) is 10.6. The van der Waals surface area contributed by atoms with E-state index in [0.717, 1.165) is 0 Å². The minimum Gasteiger partial charge on any atom is -0.465 e. The molecule has 0 unspecified atom stereocenters. The lowest BCUT2D eigenvalue weighted by Gasteiger charge is -2.21. The summed E-state index contributed by atoms with van der Waals surface area (Å²) in [4.78, 5) is 22.5. The first-order chi connectivity index (χ1) is 12.1. The third-order valence-electron chi connectivity index (χ3n) is 4.27. The van der Waals surface area contributed by atoms with E-state index >= 15 is 0 Å². The van der Waals surface area contributed by atoms with Crippen LogP contribution in [0.2, 0.25) is 0 Å². The van der Waals surface area contributed by atoms with Gasteiger partial charge in [-0.3, -0.25) is 4.79 Å². The molecular formula is C16H21NO7S2. The quantitative estimate of drug-likeness (QED) is 0.651. The van der Waals surface area contributed by atoms with Crippen LogP contribution in [0.3, 0.4) is 0 Å². The number of ketones is 1. The molecule has 1 aromatic carbocycles. The number of hydrogen-bond donors (Lipinski definition) is 2. The fourth-order valence-electron chi connectivity index (χ4n) is 2.80. The average molecular weight is 403 g/mol. The maximum absolute atomic E-state index is 12.6. The lowest BCUT2D eigenvalue weighted by atomic mass is 10.1. The Balaban J connectivity index is 2.05. The summed E-state index contributed by atoms with van der Waals surface area (Å²) >= 11 is 0. The van der Waals surface area contributed by atoms with Gasteiger partial charge in [-0.15, -0.1) is 0 Å². The van der Waals surface area contributed by atoms with Gasteiger partial charge in [-0.1, -0.05) is 12.1 Å². The first kappa shape index (κ1) is 20.4. The van der Waals surface area contributed by atoms with E-state index < -0.39 is 25.8 Å². The Labute approximate surface area is 152 Å². The first-order valence-electron chi connectivity index (χ1n) is 8.12. The van der Waals surface area contributed by atoms with Gasteiger partial charge < -0.3 is 10.4 Å². The molecule has 0 bridgehead atoms. The van der Waals surface area contributed by atoms with E-state index in [2.05, 4.69) is 5.32 Å². The number of nitrogens with one attached hydrogen (secondary N) is 1. The van der Waals surface area contributed by atoms with Gasteiger partial charge in [0.15, 0.2) is 15.6 Å². The summed E-state index contributed by atoms with van der Waals surface area (Å²) < 4.78 is 48.1. The molecule has 144 valence electrons. The van der Waals surface area contributed by atoms with Crippen molar-refractivity contribution in [1.29, 1.82) is 0 Å². The maximum atomic E-state index is 12.6. The van der Waals surface area contributed by atoms with E-state index in [1.807, 2.05) is 0 Å². The largest absolute Gasteiger partial charge is 0.465 e. The fraction of sp³-hybridized carbons (Fsp3) is 0.500. The van der Waals surface area contributed by atoms with E-state index in [-0.39, 0.29) is 52.4 Å². The molecule has 10 heteroatoms. The smallest absolute Gasteiger partial charge is 0.404 e. The van der Waals surface area contributed by atoms with Gasteiger partial charge in [-0.05, 0) is 30.9 Å². The maximum Gasteiger partial charge on any atom is 0.404 e. The Morgan fingerprint density at radius 2 is 1.85 bits per heavy atom. The second-order valence-corrected chi connectivity index (χ2v) is 10.6. The van der Waals surface area contributed by atoms with Gasteiger partial charge in [0.1, 0.15) is 9.84 Å². The zero-order valence-electron chi connectivity index (χ0n) is 14.0. The highest BCUT2D eigenvalue weighted by Crippen LogP contribution is 2.24. The summed E-state index contributed by atoms with van der Waals surface area (Å²) in [5.41, 5.74) is 0.199. The first-order valence-corrected chi connectivity index (χ1v) is 11.6. The number of hydrogen-bond acceptors (Lipinski definition) is 6. The van der Waals surface area contributed by atoms with Crippen LogP contribution in [-0.2, 0) is 19.7 Å². The second kappa shape index (κ2) is 8.17. The van der Waals surface area contributed by atoms with Crippen LogP contribution < -0.4 is 5.32 Å².